The molecule has 0 saturated carbocycles. The summed E-state index contributed by atoms with van der Waals surface area (Å²) >= 11 is 0. The third kappa shape index (κ3) is 4.36. The number of nitrogens with zero attached hydrogens (tertiary/aromatic N) is 1. The molecular weight excluding hydrogens is 376 g/mol. The van der Waals surface area contributed by atoms with Gasteiger partial charge in [-0.3, -0.25) is 4.79 Å². The second-order valence-corrected chi connectivity index (χ2v) is 8.62. The number of amides is 1. The minimum Gasteiger partial charge on any atom is -0.494 e. The largest absolute Gasteiger partial charge is 0.494 e. The Bertz CT molecular complexity index is 955. The molecule has 150 valence electrons. The molecule has 0 bridgehead atoms. The first-order chi connectivity index (χ1) is 13.3. The van der Waals surface area contributed by atoms with Crippen molar-refractivity contribution in [2.45, 2.75) is 44.6 Å². The smallest absolute Gasteiger partial charge is 0.241 e. The van der Waals surface area contributed by atoms with Gasteiger partial charge in [-0.2, -0.15) is 0 Å². The summed E-state index contributed by atoms with van der Waals surface area (Å²) < 4.78 is 33.9. The molecule has 0 radical (unpaired) electrons. The van der Waals surface area contributed by atoms with E-state index >= 15 is 0 Å². The number of rotatable bonds is 6. The Kier molecular flexibility index (Phi) is 6.05. The maximum absolute atomic E-state index is 12.9. The molecule has 0 aliphatic carbocycles. The number of benzene rings is 2. The lowest BCUT2D eigenvalue weighted by molar-refractivity contribution is -0.116. The van der Waals surface area contributed by atoms with E-state index in [9.17, 15) is 13.2 Å². The predicted molar refractivity (Wildman–Crippen MR) is 109 cm³/mol. The predicted octanol–water partition coefficient (Wildman–Crippen LogP) is 3.42. The molecular formula is C21H26N2O4S. The summed E-state index contributed by atoms with van der Waals surface area (Å²) in [6.45, 7) is 6.50. The van der Waals surface area contributed by atoms with Gasteiger partial charge in [0.15, 0.2) is 0 Å². The van der Waals surface area contributed by atoms with Crippen molar-refractivity contribution in [3.8, 4) is 5.75 Å². The van der Waals surface area contributed by atoms with Gasteiger partial charge in [-0.1, -0.05) is 12.1 Å². The van der Waals surface area contributed by atoms with Crippen molar-refractivity contribution in [2.24, 2.45) is 0 Å². The fourth-order valence-corrected chi connectivity index (χ4v) is 4.74. The second-order valence-electron chi connectivity index (χ2n) is 6.91. The van der Waals surface area contributed by atoms with Crippen LogP contribution in [-0.4, -0.2) is 27.5 Å². The summed E-state index contributed by atoms with van der Waals surface area (Å²) in [6, 6.07) is 12.0. The molecule has 6 nitrogen and oxygen atoms in total. The molecule has 1 aliphatic heterocycles. The number of carbonyl (C=O) groups is 1. The van der Waals surface area contributed by atoms with Crippen LogP contribution in [-0.2, 0) is 21.2 Å². The zero-order valence-corrected chi connectivity index (χ0v) is 17.3. The molecule has 0 spiro atoms. The standard InChI is InChI=1S/C21H26N2O4S/c1-4-27-19-9-7-17(8-10-19)15(2)22-28(25,26)20-11-12-21-18(14-20)6-5-13-23(21)16(3)24/h7-12,14-15,22H,4-6,13H2,1-3H3/t15-/m0/s1. The van der Waals surface area contributed by atoms with Gasteiger partial charge in [0.05, 0.1) is 11.5 Å². The first kappa shape index (κ1) is 20.4. The number of carbonyl (C=O) groups excluding carboxylic acids is 1. The van der Waals surface area contributed by atoms with Gasteiger partial charge in [0, 0.05) is 25.2 Å². The summed E-state index contributed by atoms with van der Waals surface area (Å²) in [5.41, 5.74) is 2.54. The number of nitrogens with one attached hydrogen (secondary N) is 1. The molecule has 1 heterocycles. The van der Waals surface area contributed by atoms with Crippen LogP contribution < -0.4 is 14.4 Å². The Balaban J connectivity index is 1.80. The molecule has 2 aromatic carbocycles. The summed E-state index contributed by atoms with van der Waals surface area (Å²) in [5, 5.41) is 0. The highest BCUT2D eigenvalue weighted by atomic mass is 32.2. The van der Waals surface area contributed by atoms with Gasteiger partial charge in [0.25, 0.3) is 0 Å². The lowest BCUT2D eigenvalue weighted by atomic mass is 10.0. The van der Waals surface area contributed by atoms with Crippen molar-refractivity contribution in [3.63, 3.8) is 0 Å². The van der Waals surface area contributed by atoms with E-state index in [0.717, 1.165) is 35.4 Å². The van der Waals surface area contributed by atoms with Crippen molar-refractivity contribution >= 4 is 21.6 Å². The van der Waals surface area contributed by atoms with E-state index in [1.807, 2.05) is 38.1 Å². The maximum atomic E-state index is 12.9. The Labute approximate surface area is 166 Å². The zero-order valence-electron chi connectivity index (χ0n) is 16.4. The fourth-order valence-electron chi connectivity index (χ4n) is 3.46. The van der Waals surface area contributed by atoms with Gasteiger partial charge in [-0.25, -0.2) is 13.1 Å². The average Bonchev–Trinajstić information content (AvgIpc) is 2.67. The molecule has 7 heteroatoms. The van der Waals surface area contributed by atoms with Crippen molar-refractivity contribution in [1.82, 2.24) is 4.72 Å². The number of aryl methyl sites for hydroxylation is 1. The molecule has 1 amide bonds. The molecule has 0 fully saturated rings. The quantitative estimate of drug-likeness (QED) is 0.803. The van der Waals surface area contributed by atoms with Crippen molar-refractivity contribution in [1.29, 1.82) is 0 Å². The fraction of sp³-hybridized carbons (Fsp3) is 0.381. The monoisotopic (exact) mass is 402 g/mol. The van der Waals surface area contributed by atoms with Crippen LogP contribution in [0.25, 0.3) is 0 Å². The highest BCUT2D eigenvalue weighted by Gasteiger charge is 2.24. The normalized spacial score (nSPS) is 15.0. The number of hydrogen-bond donors (Lipinski definition) is 1. The highest BCUT2D eigenvalue weighted by molar-refractivity contribution is 7.89. The lowest BCUT2D eigenvalue weighted by Gasteiger charge is -2.29. The Morgan fingerprint density at radius 3 is 2.57 bits per heavy atom. The van der Waals surface area contributed by atoms with Gasteiger partial charge < -0.3 is 9.64 Å². The SMILES string of the molecule is CCOc1ccc([C@H](C)NS(=O)(=O)c2ccc3c(c2)CCCN3C(C)=O)cc1. The molecule has 0 aromatic heterocycles. The lowest BCUT2D eigenvalue weighted by Crippen LogP contribution is -2.34. The minimum absolute atomic E-state index is 0.0289. The van der Waals surface area contributed by atoms with E-state index in [4.69, 9.17) is 4.74 Å². The third-order valence-electron chi connectivity index (χ3n) is 4.88. The number of ether oxygens (including phenoxy) is 1. The summed E-state index contributed by atoms with van der Waals surface area (Å²) in [5.74, 6) is 0.727. The number of sulfonamides is 1. The molecule has 0 unspecified atom stereocenters. The van der Waals surface area contributed by atoms with E-state index in [1.54, 1.807) is 23.1 Å². The van der Waals surface area contributed by atoms with E-state index in [-0.39, 0.29) is 16.8 Å². The van der Waals surface area contributed by atoms with Crippen molar-refractivity contribution < 1.29 is 17.9 Å². The Morgan fingerprint density at radius 1 is 1.21 bits per heavy atom. The first-order valence-corrected chi connectivity index (χ1v) is 11.0. The van der Waals surface area contributed by atoms with Crippen LogP contribution in [0.1, 0.15) is 44.4 Å². The van der Waals surface area contributed by atoms with Gasteiger partial charge in [-0.05, 0) is 68.1 Å². The summed E-state index contributed by atoms with van der Waals surface area (Å²) in [4.78, 5) is 13.7. The van der Waals surface area contributed by atoms with E-state index in [2.05, 4.69) is 4.72 Å². The molecule has 1 aliphatic rings. The zero-order chi connectivity index (χ0) is 20.3. The van der Waals surface area contributed by atoms with E-state index < -0.39 is 10.0 Å². The third-order valence-corrected chi connectivity index (χ3v) is 6.42. The maximum Gasteiger partial charge on any atom is 0.241 e. The number of anilines is 1. The second kappa shape index (κ2) is 8.32. The summed E-state index contributed by atoms with van der Waals surface area (Å²) in [7, 11) is -3.68. The van der Waals surface area contributed by atoms with Crippen LogP contribution in [0.4, 0.5) is 5.69 Å². The van der Waals surface area contributed by atoms with Gasteiger partial charge in [0.2, 0.25) is 15.9 Å². The molecule has 1 atom stereocenters. The molecule has 1 N–H and O–H groups in total. The van der Waals surface area contributed by atoms with Crippen LogP contribution in [0.2, 0.25) is 0 Å². The molecule has 28 heavy (non-hydrogen) atoms. The Morgan fingerprint density at radius 2 is 1.93 bits per heavy atom. The number of fused-ring (bicyclic) bond motifs is 1. The van der Waals surface area contributed by atoms with Crippen LogP contribution in [0.3, 0.4) is 0 Å². The van der Waals surface area contributed by atoms with Crippen LogP contribution in [0.15, 0.2) is 47.4 Å². The van der Waals surface area contributed by atoms with Gasteiger partial charge >= 0.3 is 0 Å². The number of hydrogen-bond acceptors (Lipinski definition) is 4. The van der Waals surface area contributed by atoms with Gasteiger partial charge in [-0.15, -0.1) is 0 Å². The first-order valence-electron chi connectivity index (χ1n) is 9.48. The topological polar surface area (TPSA) is 75.7 Å². The van der Waals surface area contributed by atoms with Crippen molar-refractivity contribution in [3.05, 3.63) is 53.6 Å². The average molecular weight is 403 g/mol. The van der Waals surface area contributed by atoms with Crippen molar-refractivity contribution in [2.75, 3.05) is 18.1 Å². The van der Waals surface area contributed by atoms with E-state index in [1.165, 1.54) is 6.92 Å². The molecule has 2 aromatic rings. The minimum atomic E-state index is -3.68. The van der Waals surface area contributed by atoms with Crippen LogP contribution in [0.5, 0.6) is 5.75 Å². The van der Waals surface area contributed by atoms with Crippen LogP contribution >= 0.6 is 0 Å². The van der Waals surface area contributed by atoms with Crippen LogP contribution in [0, 0.1) is 0 Å². The molecule has 3 rings (SSSR count). The summed E-state index contributed by atoms with van der Waals surface area (Å²) in [6.07, 6.45) is 1.59. The molecule has 0 saturated heterocycles. The highest BCUT2D eigenvalue weighted by Crippen LogP contribution is 2.30. The van der Waals surface area contributed by atoms with E-state index in [0.29, 0.717) is 13.2 Å². The Hall–Kier alpha value is -2.38. The van der Waals surface area contributed by atoms with Gasteiger partial charge in [0.1, 0.15) is 5.75 Å².